The number of aromatic nitrogens is 4. The van der Waals surface area contributed by atoms with Gasteiger partial charge in [0.2, 0.25) is 5.88 Å². The zero-order chi connectivity index (χ0) is 14.0. The second kappa shape index (κ2) is 5.48. The third-order valence-electron chi connectivity index (χ3n) is 2.70. The molecule has 0 fully saturated rings. The van der Waals surface area contributed by atoms with Crippen molar-refractivity contribution in [3.8, 4) is 17.3 Å². The highest BCUT2D eigenvalue weighted by Gasteiger charge is 2.18. The van der Waals surface area contributed by atoms with Gasteiger partial charge in [-0.05, 0) is 6.92 Å². The smallest absolute Gasteiger partial charge is 0.241 e. The molecule has 0 spiro atoms. The Morgan fingerprint density at radius 2 is 1.79 bits per heavy atom. The molecule has 2 aromatic heterocycles. The van der Waals surface area contributed by atoms with Gasteiger partial charge < -0.3 is 4.74 Å². The van der Waals surface area contributed by atoms with E-state index in [1.165, 1.54) is 0 Å². The van der Waals surface area contributed by atoms with E-state index < -0.39 is 0 Å². The van der Waals surface area contributed by atoms with Gasteiger partial charge in [0.1, 0.15) is 16.7 Å². The first-order valence-corrected chi connectivity index (χ1v) is 6.31. The third kappa shape index (κ3) is 2.66. The SMILES string of the molecule is COc1nccnc1-c1nc(C(C)C)nc(Cl)c1C. The zero-order valence-corrected chi connectivity index (χ0v) is 12.1. The summed E-state index contributed by atoms with van der Waals surface area (Å²) in [6.45, 7) is 5.88. The Balaban J connectivity index is 2.67. The van der Waals surface area contributed by atoms with E-state index in [2.05, 4.69) is 19.9 Å². The number of nitrogens with zero attached hydrogens (tertiary/aromatic N) is 4. The van der Waals surface area contributed by atoms with Crippen LogP contribution in [0.3, 0.4) is 0 Å². The summed E-state index contributed by atoms with van der Waals surface area (Å²) in [6.07, 6.45) is 3.17. The van der Waals surface area contributed by atoms with Crippen molar-refractivity contribution in [1.29, 1.82) is 0 Å². The predicted octanol–water partition coefficient (Wildman–Crippen LogP) is 3.03. The highest BCUT2D eigenvalue weighted by atomic mass is 35.5. The topological polar surface area (TPSA) is 60.8 Å². The summed E-state index contributed by atoms with van der Waals surface area (Å²) in [6, 6.07) is 0. The molecule has 0 amide bonds. The summed E-state index contributed by atoms with van der Waals surface area (Å²) < 4.78 is 5.22. The fourth-order valence-electron chi connectivity index (χ4n) is 1.63. The number of rotatable bonds is 3. The van der Waals surface area contributed by atoms with E-state index in [-0.39, 0.29) is 5.92 Å². The van der Waals surface area contributed by atoms with E-state index in [4.69, 9.17) is 16.3 Å². The standard InChI is InChI=1S/C13H15ClN4O/c1-7(2)12-17-9(8(3)11(14)18-12)10-13(19-4)16-6-5-15-10/h5-7H,1-4H3. The molecule has 0 aliphatic rings. The molecule has 0 saturated carbocycles. The van der Waals surface area contributed by atoms with Gasteiger partial charge in [-0.25, -0.2) is 19.9 Å². The highest BCUT2D eigenvalue weighted by molar-refractivity contribution is 6.30. The molecule has 2 aromatic rings. The molecule has 0 radical (unpaired) electrons. The van der Waals surface area contributed by atoms with Crippen molar-refractivity contribution in [2.45, 2.75) is 26.7 Å². The minimum atomic E-state index is 0.180. The summed E-state index contributed by atoms with van der Waals surface area (Å²) in [5.74, 6) is 1.29. The Morgan fingerprint density at radius 1 is 1.11 bits per heavy atom. The van der Waals surface area contributed by atoms with Crippen LogP contribution in [0.4, 0.5) is 0 Å². The Kier molecular flexibility index (Phi) is 3.95. The lowest BCUT2D eigenvalue weighted by molar-refractivity contribution is 0.397. The maximum absolute atomic E-state index is 6.17. The first-order chi connectivity index (χ1) is 9.04. The maximum Gasteiger partial charge on any atom is 0.241 e. The van der Waals surface area contributed by atoms with Crippen molar-refractivity contribution in [3.05, 3.63) is 28.9 Å². The van der Waals surface area contributed by atoms with Gasteiger partial charge >= 0.3 is 0 Å². The molecular weight excluding hydrogens is 264 g/mol. The van der Waals surface area contributed by atoms with Gasteiger partial charge in [0.15, 0.2) is 5.69 Å². The molecule has 2 heterocycles. The van der Waals surface area contributed by atoms with E-state index in [9.17, 15) is 0 Å². The van der Waals surface area contributed by atoms with Crippen molar-refractivity contribution < 1.29 is 4.74 Å². The second-order valence-electron chi connectivity index (χ2n) is 4.42. The Bertz CT molecular complexity index is 601. The van der Waals surface area contributed by atoms with Gasteiger partial charge in [0.05, 0.1) is 7.11 Å². The number of methoxy groups -OCH3 is 1. The van der Waals surface area contributed by atoms with Gasteiger partial charge in [-0.2, -0.15) is 0 Å². The lowest BCUT2D eigenvalue weighted by Crippen LogP contribution is -2.04. The van der Waals surface area contributed by atoms with Crippen molar-refractivity contribution in [2.24, 2.45) is 0 Å². The van der Waals surface area contributed by atoms with Crippen molar-refractivity contribution in [2.75, 3.05) is 7.11 Å². The number of ether oxygens (including phenoxy) is 1. The summed E-state index contributed by atoms with van der Waals surface area (Å²) in [4.78, 5) is 17.2. The molecule has 0 aliphatic heterocycles. The molecule has 100 valence electrons. The molecule has 0 aliphatic carbocycles. The van der Waals surface area contributed by atoms with Gasteiger partial charge in [-0.1, -0.05) is 25.4 Å². The zero-order valence-electron chi connectivity index (χ0n) is 11.3. The lowest BCUT2D eigenvalue weighted by atomic mass is 10.1. The number of hydrogen-bond acceptors (Lipinski definition) is 5. The predicted molar refractivity (Wildman–Crippen MR) is 73.4 cm³/mol. The Hall–Kier alpha value is -1.75. The monoisotopic (exact) mass is 278 g/mol. The molecule has 19 heavy (non-hydrogen) atoms. The third-order valence-corrected chi connectivity index (χ3v) is 3.07. The highest BCUT2D eigenvalue weighted by Crippen LogP contribution is 2.30. The van der Waals surface area contributed by atoms with Crippen LogP contribution in [0.15, 0.2) is 12.4 Å². The molecule has 0 unspecified atom stereocenters. The van der Waals surface area contributed by atoms with Crippen LogP contribution in [-0.2, 0) is 0 Å². The van der Waals surface area contributed by atoms with Crippen LogP contribution in [0.25, 0.3) is 11.4 Å². The van der Waals surface area contributed by atoms with E-state index in [1.807, 2.05) is 20.8 Å². The molecule has 6 heteroatoms. The summed E-state index contributed by atoms with van der Waals surface area (Å²) in [5.41, 5.74) is 2.01. The normalized spacial score (nSPS) is 10.8. The van der Waals surface area contributed by atoms with Crippen LogP contribution in [0, 0.1) is 6.92 Å². The van der Waals surface area contributed by atoms with Crippen molar-refractivity contribution >= 4 is 11.6 Å². The Labute approximate surface area is 117 Å². The van der Waals surface area contributed by atoms with Gasteiger partial charge in [0.25, 0.3) is 0 Å². The second-order valence-corrected chi connectivity index (χ2v) is 4.77. The van der Waals surface area contributed by atoms with Crippen molar-refractivity contribution in [1.82, 2.24) is 19.9 Å². The quantitative estimate of drug-likeness (QED) is 0.808. The van der Waals surface area contributed by atoms with E-state index in [0.29, 0.717) is 28.2 Å². The lowest BCUT2D eigenvalue weighted by Gasteiger charge is -2.12. The maximum atomic E-state index is 6.17. The van der Waals surface area contributed by atoms with Crippen LogP contribution in [0.2, 0.25) is 5.15 Å². The average Bonchev–Trinajstić information content (AvgIpc) is 2.41. The van der Waals surface area contributed by atoms with Crippen molar-refractivity contribution in [3.63, 3.8) is 0 Å². The van der Waals surface area contributed by atoms with Gasteiger partial charge in [-0.3, -0.25) is 0 Å². The van der Waals surface area contributed by atoms with Crippen LogP contribution >= 0.6 is 11.6 Å². The van der Waals surface area contributed by atoms with Crippen LogP contribution in [0.5, 0.6) is 5.88 Å². The molecule has 0 aromatic carbocycles. The summed E-state index contributed by atoms with van der Waals surface area (Å²) in [5, 5.41) is 0.432. The first-order valence-electron chi connectivity index (χ1n) is 5.94. The minimum absolute atomic E-state index is 0.180. The van der Waals surface area contributed by atoms with E-state index in [0.717, 1.165) is 5.56 Å². The van der Waals surface area contributed by atoms with Gasteiger partial charge in [0, 0.05) is 23.9 Å². The number of halogens is 1. The first kappa shape index (κ1) is 13.7. The molecule has 2 rings (SSSR count). The molecular formula is C13H15ClN4O. The van der Waals surface area contributed by atoms with Crippen LogP contribution in [-0.4, -0.2) is 27.0 Å². The molecule has 0 atom stereocenters. The summed E-state index contributed by atoms with van der Waals surface area (Å²) in [7, 11) is 1.55. The summed E-state index contributed by atoms with van der Waals surface area (Å²) >= 11 is 6.17. The largest absolute Gasteiger partial charge is 0.479 e. The number of hydrogen-bond donors (Lipinski definition) is 0. The molecule has 0 saturated heterocycles. The van der Waals surface area contributed by atoms with Crippen LogP contribution < -0.4 is 4.74 Å². The molecule has 0 N–H and O–H groups in total. The average molecular weight is 279 g/mol. The minimum Gasteiger partial charge on any atom is -0.479 e. The van der Waals surface area contributed by atoms with Crippen LogP contribution in [0.1, 0.15) is 31.2 Å². The van der Waals surface area contributed by atoms with E-state index in [1.54, 1.807) is 19.5 Å². The fourth-order valence-corrected chi connectivity index (χ4v) is 1.81. The Morgan fingerprint density at radius 3 is 2.42 bits per heavy atom. The van der Waals surface area contributed by atoms with E-state index >= 15 is 0 Å². The molecule has 0 bridgehead atoms. The van der Waals surface area contributed by atoms with Gasteiger partial charge in [-0.15, -0.1) is 0 Å². The molecule has 5 nitrogen and oxygen atoms in total. The fraction of sp³-hybridized carbons (Fsp3) is 0.385.